The molecule has 1 aliphatic carbocycles. The Morgan fingerprint density at radius 1 is 1.22 bits per heavy atom. The van der Waals surface area contributed by atoms with Crippen molar-refractivity contribution in [2.45, 2.75) is 44.7 Å². The van der Waals surface area contributed by atoms with Crippen molar-refractivity contribution >= 4 is 23.8 Å². The first-order valence-corrected chi connectivity index (χ1v) is 9.65. The Hall–Kier alpha value is -2.63. The van der Waals surface area contributed by atoms with Crippen molar-refractivity contribution in [1.82, 2.24) is 15.5 Å². The zero-order valence-electron chi connectivity index (χ0n) is 15.7. The smallest absolute Gasteiger partial charge is 0.251 e. The van der Waals surface area contributed by atoms with Crippen LogP contribution in [0.2, 0.25) is 0 Å². The van der Waals surface area contributed by atoms with E-state index in [0.29, 0.717) is 25.1 Å². The summed E-state index contributed by atoms with van der Waals surface area (Å²) in [5.74, 6) is -0.257. The van der Waals surface area contributed by atoms with Gasteiger partial charge in [0.2, 0.25) is 11.8 Å². The van der Waals surface area contributed by atoms with E-state index in [1.165, 1.54) is 0 Å². The first-order valence-electron chi connectivity index (χ1n) is 9.65. The summed E-state index contributed by atoms with van der Waals surface area (Å²) in [5.41, 5.74) is 1.50. The number of carbonyl (C=O) groups excluding carboxylic acids is 3. The summed E-state index contributed by atoms with van der Waals surface area (Å²) in [5, 5.41) is 5.79. The molecule has 1 aromatic carbocycles. The number of benzene rings is 1. The summed E-state index contributed by atoms with van der Waals surface area (Å²) in [6, 6.07) is 6.43. The normalized spacial score (nSPS) is 22.0. The molecule has 0 unspecified atom stereocenters. The number of rotatable bonds is 6. The average Bonchev–Trinajstić information content (AvgIpc) is 3.04. The molecule has 0 aromatic heterocycles. The lowest BCUT2D eigenvalue weighted by Crippen LogP contribution is -2.49. The summed E-state index contributed by atoms with van der Waals surface area (Å²) >= 11 is 0. The van der Waals surface area contributed by atoms with Gasteiger partial charge >= 0.3 is 0 Å². The number of hydrogen-bond donors (Lipinski definition) is 2. The minimum absolute atomic E-state index is 0.0304. The summed E-state index contributed by atoms with van der Waals surface area (Å²) < 4.78 is 0. The number of likely N-dealkylation sites (tertiary alicyclic amines) is 1. The topological polar surface area (TPSA) is 78.5 Å². The van der Waals surface area contributed by atoms with E-state index in [2.05, 4.69) is 17.2 Å². The first-order chi connectivity index (χ1) is 13.0. The van der Waals surface area contributed by atoms with Crippen LogP contribution in [0.3, 0.4) is 0 Å². The molecular weight excluding hydrogens is 342 g/mol. The SMILES string of the molecule is C=Cc1ccc(C(=O)N[C@@H]2C[C@@H](C(=O)NCC)N(C(=O)C3CCC3)C2)cc1. The zero-order valence-corrected chi connectivity index (χ0v) is 15.7. The Balaban J connectivity index is 1.68. The van der Waals surface area contributed by atoms with Crippen molar-refractivity contribution in [3.8, 4) is 0 Å². The van der Waals surface area contributed by atoms with E-state index in [4.69, 9.17) is 0 Å². The van der Waals surface area contributed by atoms with Crippen LogP contribution >= 0.6 is 0 Å². The van der Waals surface area contributed by atoms with Gasteiger partial charge in [0.1, 0.15) is 6.04 Å². The lowest BCUT2D eigenvalue weighted by molar-refractivity contribution is -0.143. The molecule has 3 rings (SSSR count). The number of nitrogens with zero attached hydrogens (tertiary/aromatic N) is 1. The third-order valence-electron chi connectivity index (χ3n) is 5.44. The molecule has 1 saturated carbocycles. The fourth-order valence-electron chi connectivity index (χ4n) is 3.65. The Morgan fingerprint density at radius 2 is 1.93 bits per heavy atom. The van der Waals surface area contributed by atoms with E-state index in [9.17, 15) is 14.4 Å². The van der Waals surface area contributed by atoms with Crippen LogP contribution in [0.25, 0.3) is 6.08 Å². The van der Waals surface area contributed by atoms with Gasteiger partial charge in [-0.3, -0.25) is 14.4 Å². The van der Waals surface area contributed by atoms with Crippen LogP contribution in [0.1, 0.15) is 48.5 Å². The highest BCUT2D eigenvalue weighted by atomic mass is 16.2. The summed E-state index contributed by atoms with van der Waals surface area (Å²) in [6.07, 6.45) is 5.02. The molecule has 1 aromatic rings. The number of amides is 3. The van der Waals surface area contributed by atoms with E-state index < -0.39 is 6.04 Å². The highest BCUT2D eigenvalue weighted by molar-refractivity contribution is 5.95. The predicted octanol–water partition coefficient (Wildman–Crippen LogP) is 1.97. The van der Waals surface area contributed by atoms with E-state index >= 15 is 0 Å². The highest BCUT2D eigenvalue weighted by Crippen LogP contribution is 2.31. The summed E-state index contributed by atoms with van der Waals surface area (Å²) in [6.45, 7) is 6.47. The minimum atomic E-state index is -0.508. The molecular formula is C21H27N3O3. The molecule has 0 radical (unpaired) electrons. The van der Waals surface area contributed by atoms with Crippen LogP contribution in [0.15, 0.2) is 30.8 Å². The average molecular weight is 369 g/mol. The second-order valence-electron chi connectivity index (χ2n) is 7.26. The number of likely N-dealkylation sites (N-methyl/N-ethyl adjacent to an activating group) is 1. The molecule has 0 spiro atoms. The van der Waals surface area contributed by atoms with Gasteiger partial charge in [0.15, 0.2) is 0 Å². The number of carbonyl (C=O) groups is 3. The van der Waals surface area contributed by atoms with Gasteiger partial charge < -0.3 is 15.5 Å². The molecule has 6 heteroatoms. The van der Waals surface area contributed by atoms with Gasteiger partial charge in [-0.05, 0) is 43.9 Å². The second kappa shape index (κ2) is 8.37. The fourth-order valence-corrected chi connectivity index (χ4v) is 3.65. The molecule has 2 fully saturated rings. The molecule has 1 saturated heterocycles. The fraction of sp³-hybridized carbons (Fsp3) is 0.476. The number of hydrogen-bond acceptors (Lipinski definition) is 3. The molecule has 2 aliphatic rings. The minimum Gasteiger partial charge on any atom is -0.355 e. The van der Waals surface area contributed by atoms with Crippen molar-refractivity contribution in [2.24, 2.45) is 5.92 Å². The summed E-state index contributed by atoms with van der Waals surface area (Å²) in [4.78, 5) is 39.4. The lowest BCUT2D eigenvalue weighted by Gasteiger charge is -2.32. The molecule has 3 amide bonds. The quantitative estimate of drug-likeness (QED) is 0.805. The van der Waals surface area contributed by atoms with Gasteiger partial charge in [-0.25, -0.2) is 0 Å². The molecule has 2 N–H and O–H groups in total. The largest absolute Gasteiger partial charge is 0.355 e. The van der Waals surface area contributed by atoms with Gasteiger partial charge in [0.25, 0.3) is 5.91 Å². The predicted molar refractivity (Wildman–Crippen MR) is 104 cm³/mol. The Bertz CT molecular complexity index is 725. The first kappa shape index (κ1) is 19.1. The van der Waals surface area contributed by atoms with Crippen molar-refractivity contribution in [2.75, 3.05) is 13.1 Å². The van der Waals surface area contributed by atoms with Crippen LogP contribution in [0.4, 0.5) is 0 Å². The zero-order chi connectivity index (χ0) is 19.4. The lowest BCUT2D eigenvalue weighted by atomic mass is 9.84. The van der Waals surface area contributed by atoms with Crippen LogP contribution in [-0.4, -0.2) is 47.8 Å². The Kier molecular flexibility index (Phi) is 5.94. The van der Waals surface area contributed by atoms with Gasteiger partial charge in [-0.15, -0.1) is 0 Å². The van der Waals surface area contributed by atoms with Crippen molar-refractivity contribution in [1.29, 1.82) is 0 Å². The maximum atomic E-state index is 12.7. The third-order valence-corrected chi connectivity index (χ3v) is 5.44. The maximum absolute atomic E-state index is 12.7. The van der Waals surface area contributed by atoms with Crippen LogP contribution in [0, 0.1) is 5.92 Å². The molecule has 1 heterocycles. The standard InChI is InChI=1S/C21H27N3O3/c1-3-14-8-10-15(11-9-14)19(25)23-17-12-18(20(26)22-4-2)24(13-17)21(27)16-6-5-7-16/h3,8-11,16-18H,1,4-7,12-13H2,2H3,(H,22,26)(H,23,25)/t17-,18+/m1/s1. The Morgan fingerprint density at radius 3 is 2.48 bits per heavy atom. The third kappa shape index (κ3) is 4.21. The van der Waals surface area contributed by atoms with Gasteiger partial charge in [-0.1, -0.05) is 31.2 Å². The van der Waals surface area contributed by atoms with E-state index in [1.54, 1.807) is 23.1 Å². The second-order valence-corrected chi connectivity index (χ2v) is 7.26. The van der Waals surface area contributed by atoms with Crippen molar-refractivity contribution < 1.29 is 14.4 Å². The monoisotopic (exact) mass is 369 g/mol. The van der Waals surface area contributed by atoms with E-state index in [1.807, 2.05) is 19.1 Å². The molecule has 6 nitrogen and oxygen atoms in total. The molecule has 27 heavy (non-hydrogen) atoms. The number of nitrogens with one attached hydrogen (secondary N) is 2. The van der Waals surface area contributed by atoms with Gasteiger partial charge in [0.05, 0.1) is 0 Å². The van der Waals surface area contributed by atoms with E-state index in [0.717, 1.165) is 24.8 Å². The highest BCUT2D eigenvalue weighted by Gasteiger charge is 2.43. The van der Waals surface area contributed by atoms with Gasteiger partial charge in [-0.2, -0.15) is 0 Å². The van der Waals surface area contributed by atoms with E-state index in [-0.39, 0.29) is 29.7 Å². The maximum Gasteiger partial charge on any atom is 0.251 e. The Labute approximate surface area is 160 Å². The van der Waals surface area contributed by atoms with Crippen LogP contribution < -0.4 is 10.6 Å². The van der Waals surface area contributed by atoms with Crippen LogP contribution in [0.5, 0.6) is 0 Å². The molecule has 144 valence electrons. The van der Waals surface area contributed by atoms with Crippen LogP contribution in [-0.2, 0) is 9.59 Å². The molecule has 2 atom stereocenters. The van der Waals surface area contributed by atoms with Crippen molar-refractivity contribution in [3.63, 3.8) is 0 Å². The molecule has 0 bridgehead atoms. The van der Waals surface area contributed by atoms with Crippen molar-refractivity contribution in [3.05, 3.63) is 42.0 Å². The summed E-state index contributed by atoms with van der Waals surface area (Å²) in [7, 11) is 0. The van der Waals surface area contributed by atoms with Gasteiger partial charge in [0, 0.05) is 30.6 Å². The molecule has 1 aliphatic heterocycles.